The molecule has 3 heterocycles. The Labute approximate surface area is 206 Å². The smallest absolute Gasteiger partial charge is 0.433 e. The third kappa shape index (κ3) is 6.12. The van der Waals surface area contributed by atoms with E-state index in [-0.39, 0.29) is 11.7 Å². The lowest BCUT2D eigenvalue weighted by molar-refractivity contribution is -0.141. The third-order valence-electron chi connectivity index (χ3n) is 6.11. The van der Waals surface area contributed by atoms with Gasteiger partial charge in [0.25, 0.3) is 5.91 Å². The summed E-state index contributed by atoms with van der Waals surface area (Å²) in [6, 6.07) is 6.82. The molecule has 0 saturated carbocycles. The van der Waals surface area contributed by atoms with Crippen molar-refractivity contribution in [3.8, 4) is 5.75 Å². The predicted octanol–water partition coefficient (Wildman–Crippen LogP) is 3.32. The maximum absolute atomic E-state index is 13.0. The van der Waals surface area contributed by atoms with Crippen LogP contribution in [0.1, 0.15) is 35.1 Å². The molecular formula is C24H29F3N6O3. The first-order valence-electron chi connectivity index (χ1n) is 11.7. The Morgan fingerprint density at radius 3 is 2.69 bits per heavy atom. The number of piperidine rings is 1. The number of likely N-dealkylation sites (tertiary alicyclic amines) is 1. The number of hydrogen-bond acceptors (Lipinski definition) is 7. The van der Waals surface area contributed by atoms with Crippen LogP contribution < -0.4 is 15.8 Å². The van der Waals surface area contributed by atoms with Gasteiger partial charge in [-0.1, -0.05) is 6.07 Å². The molecule has 0 bridgehead atoms. The van der Waals surface area contributed by atoms with E-state index in [0.717, 1.165) is 50.0 Å². The highest BCUT2D eigenvalue weighted by atomic mass is 19.4. The molecule has 3 aromatic rings. The number of fused-ring (bicyclic) bond motifs is 1. The van der Waals surface area contributed by atoms with E-state index in [9.17, 15) is 18.0 Å². The van der Waals surface area contributed by atoms with Gasteiger partial charge in [-0.2, -0.15) is 18.3 Å². The van der Waals surface area contributed by atoms with E-state index >= 15 is 0 Å². The fraction of sp³-hybridized carbons (Fsp3) is 0.458. The van der Waals surface area contributed by atoms with Gasteiger partial charge in [-0.05, 0) is 31.0 Å². The molecule has 1 aliphatic rings. The molecule has 194 valence electrons. The lowest BCUT2D eigenvalue weighted by Gasteiger charge is -2.31. The zero-order valence-electron chi connectivity index (χ0n) is 19.9. The lowest BCUT2D eigenvalue weighted by atomic mass is 10.1. The van der Waals surface area contributed by atoms with E-state index in [4.69, 9.17) is 20.3 Å². The van der Waals surface area contributed by atoms with Crippen molar-refractivity contribution in [1.29, 1.82) is 0 Å². The molecule has 0 radical (unpaired) electrons. The number of ether oxygens (including phenoxy) is 2. The molecule has 1 saturated heterocycles. The maximum atomic E-state index is 13.0. The molecule has 4 rings (SSSR count). The number of pyridine rings is 1. The second kappa shape index (κ2) is 11.2. The van der Waals surface area contributed by atoms with Crippen LogP contribution in [-0.2, 0) is 10.9 Å². The largest absolute Gasteiger partial charge is 0.494 e. The molecule has 0 unspecified atom stereocenters. The van der Waals surface area contributed by atoms with Crippen LogP contribution in [0.15, 0.2) is 36.5 Å². The van der Waals surface area contributed by atoms with E-state index in [1.54, 1.807) is 12.1 Å². The number of nitrogens with zero attached hydrogens (tertiary/aromatic N) is 4. The van der Waals surface area contributed by atoms with E-state index < -0.39 is 17.8 Å². The fourth-order valence-electron chi connectivity index (χ4n) is 4.22. The van der Waals surface area contributed by atoms with E-state index in [2.05, 4.69) is 15.2 Å². The number of carbonyl (C=O) groups excluding carboxylic acids is 1. The van der Waals surface area contributed by atoms with E-state index in [1.807, 2.05) is 10.9 Å². The first-order chi connectivity index (χ1) is 17.3. The summed E-state index contributed by atoms with van der Waals surface area (Å²) in [6.07, 6.45) is -0.854. The number of nitrogens with one attached hydrogen (secondary N) is 1. The van der Waals surface area contributed by atoms with Crippen LogP contribution in [0.25, 0.3) is 10.9 Å². The number of alkyl halides is 3. The number of nitrogens with two attached hydrogens (primary N) is 1. The molecule has 1 aromatic carbocycles. The van der Waals surface area contributed by atoms with Gasteiger partial charge < -0.3 is 25.4 Å². The van der Waals surface area contributed by atoms with Crippen molar-refractivity contribution in [2.75, 3.05) is 51.8 Å². The van der Waals surface area contributed by atoms with Crippen molar-refractivity contribution in [2.45, 2.75) is 25.1 Å². The van der Waals surface area contributed by atoms with Crippen molar-refractivity contribution >= 4 is 22.5 Å². The molecule has 0 spiro atoms. The summed E-state index contributed by atoms with van der Waals surface area (Å²) in [7, 11) is 1.45. The SMILES string of the molecule is COc1cc2nn(C3CCN(CCOCCN)CC3)cc2cc1NC(=O)c1cccc(C(F)(F)F)n1. The van der Waals surface area contributed by atoms with Crippen molar-refractivity contribution in [2.24, 2.45) is 5.73 Å². The molecule has 36 heavy (non-hydrogen) atoms. The van der Waals surface area contributed by atoms with Crippen LogP contribution in [0.3, 0.4) is 0 Å². The molecule has 9 nitrogen and oxygen atoms in total. The minimum absolute atomic E-state index is 0.233. The van der Waals surface area contributed by atoms with Gasteiger partial charge in [0.15, 0.2) is 0 Å². The molecule has 2 aromatic heterocycles. The summed E-state index contributed by atoms with van der Waals surface area (Å²) in [5.74, 6) is -0.422. The Balaban J connectivity index is 1.46. The normalized spacial score (nSPS) is 15.4. The second-order valence-electron chi connectivity index (χ2n) is 8.55. The third-order valence-corrected chi connectivity index (χ3v) is 6.11. The molecular weight excluding hydrogens is 477 g/mol. The Kier molecular flexibility index (Phi) is 8.07. The average molecular weight is 507 g/mol. The van der Waals surface area contributed by atoms with E-state index in [1.165, 1.54) is 13.2 Å². The van der Waals surface area contributed by atoms with Gasteiger partial charge in [0.2, 0.25) is 0 Å². The Morgan fingerprint density at radius 2 is 2.00 bits per heavy atom. The first kappa shape index (κ1) is 25.9. The van der Waals surface area contributed by atoms with Gasteiger partial charge in [-0.25, -0.2) is 4.98 Å². The number of carbonyl (C=O) groups is 1. The number of methoxy groups -OCH3 is 1. The van der Waals surface area contributed by atoms with Gasteiger partial charge in [0.05, 0.1) is 37.6 Å². The fourth-order valence-corrected chi connectivity index (χ4v) is 4.22. The summed E-state index contributed by atoms with van der Waals surface area (Å²) in [5.41, 5.74) is 4.98. The molecule has 3 N–H and O–H groups in total. The summed E-state index contributed by atoms with van der Waals surface area (Å²) in [5, 5.41) is 8.10. The number of rotatable bonds is 9. The van der Waals surface area contributed by atoms with Crippen molar-refractivity contribution in [3.05, 3.63) is 47.9 Å². The number of hydrogen-bond donors (Lipinski definition) is 2. The van der Waals surface area contributed by atoms with E-state index in [0.29, 0.717) is 36.7 Å². The average Bonchev–Trinajstić information content (AvgIpc) is 3.29. The number of anilines is 1. The minimum Gasteiger partial charge on any atom is -0.494 e. The van der Waals surface area contributed by atoms with Gasteiger partial charge in [0, 0.05) is 43.8 Å². The Hall–Kier alpha value is -3.22. The van der Waals surface area contributed by atoms with Crippen LogP contribution >= 0.6 is 0 Å². The summed E-state index contributed by atoms with van der Waals surface area (Å²) in [6.45, 7) is 4.49. The van der Waals surface area contributed by atoms with Gasteiger partial charge in [-0.3, -0.25) is 9.48 Å². The predicted molar refractivity (Wildman–Crippen MR) is 128 cm³/mol. The molecule has 1 fully saturated rings. The molecule has 1 amide bonds. The van der Waals surface area contributed by atoms with Crippen LogP contribution in [0.5, 0.6) is 5.75 Å². The maximum Gasteiger partial charge on any atom is 0.433 e. The van der Waals surface area contributed by atoms with Crippen LogP contribution in [0.4, 0.5) is 18.9 Å². The zero-order chi connectivity index (χ0) is 25.7. The number of amides is 1. The highest BCUT2D eigenvalue weighted by molar-refractivity contribution is 6.05. The van der Waals surface area contributed by atoms with Gasteiger partial charge >= 0.3 is 6.18 Å². The summed E-state index contributed by atoms with van der Waals surface area (Å²) in [4.78, 5) is 18.5. The lowest BCUT2D eigenvalue weighted by Crippen LogP contribution is -2.37. The molecule has 0 aliphatic carbocycles. The van der Waals surface area contributed by atoms with Crippen molar-refractivity contribution < 1.29 is 27.4 Å². The molecule has 0 atom stereocenters. The first-order valence-corrected chi connectivity index (χ1v) is 11.7. The number of aromatic nitrogens is 3. The minimum atomic E-state index is -4.64. The summed E-state index contributed by atoms with van der Waals surface area (Å²) >= 11 is 0. The quantitative estimate of drug-likeness (QED) is 0.429. The van der Waals surface area contributed by atoms with Gasteiger partial charge in [0.1, 0.15) is 17.1 Å². The van der Waals surface area contributed by atoms with Crippen molar-refractivity contribution in [1.82, 2.24) is 19.7 Å². The molecule has 12 heteroatoms. The van der Waals surface area contributed by atoms with Crippen molar-refractivity contribution in [3.63, 3.8) is 0 Å². The monoisotopic (exact) mass is 506 g/mol. The standard InChI is InChI=1S/C24H29F3N6O3/c1-35-21-14-19-16(13-20(21)30-23(34)18-3-2-4-22(29-18)24(25,26)27)15-33(31-19)17-5-8-32(9-6-17)10-12-36-11-7-28/h2-4,13-15,17H,5-12,28H2,1H3,(H,30,34). The number of halogens is 3. The topological polar surface area (TPSA) is 108 Å². The number of benzene rings is 1. The van der Waals surface area contributed by atoms with Crippen LogP contribution in [0.2, 0.25) is 0 Å². The second-order valence-corrected chi connectivity index (χ2v) is 8.55. The van der Waals surface area contributed by atoms with Gasteiger partial charge in [-0.15, -0.1) is 0 Å². The highest BCUT2D eigenvalue weighted by Crippen LogP contribution is 2.32. The van der Waals surface area contributed by atoms with Crippen LogP contribution in [0, 0.1) is 0 Å². The summed E-state index contributed by atoms with van der Waals surface area (Å²) < 4.78 is 51.7. The highest BCUT2D eigenvalue weighted by Gasteiger charge is 2.33. The van der Waals surface area contributed by atoms with Crippen LogP contribution in [-0.4, -0.2) is 72.1 Å². The Bertz CT molecular complexity index is 1190. The Morgan fingerprint density at radius 1 is 1.22 bits per heavy atom. The zero-order valence-corrected chi connectivity index (χ0v) is 19.9. The molecule has 1 aliphatic heterocycles.